The van der Waals surface area contributed by atoms with Crippen molar-refractivity contribution in [2.45, 2.75) is 129 Å². The van der Waals surface area contributed by atoms with Gasteiger partial charge in [-0.15, -0.1) is 0 Å². The van der Waals surface area contributed by atoms with Crippen LogP contribution < -0.4 is 0 Å². The fourth-order valence-corrected chi connectivity index (χ4v) is 3.23. The third-order valence-electron chi connectivity index (χ3n) is 4.88. The van der Waals surface area contributed by atoms with Crippen molar-refractivity contribution in [3.8, 4) is 0 Å². The Morgan fingerprint density at radius 1 is 0.536 bits per heavy atom. The first-order valence-electron chi connectivity index (χ1n) is 11.7. The minimum atomic E-state index is -3.98. The number of ether oxygens (including phenoxy) is 2. The molecule has 0 spiro atoms. The van der Waals surface area contributed by atoms with Crippen LogP contribution in [0.2, 0.25) is 0 Å². The van der Waals surface area contributed by atoms with Crippen molar-refractivity contribution in [3.63, 3.8) is 0 Å². The van der Waals surface area contributed by atoms with E-state index in [9.17, 15) is 13.2 Å². The summed E-state index contributed by atoms with van der Waals surface area (Å²) in [7, 11) is 0. The molecule has 0 rings (SSSR count). The summed E-state index contributed by atoms with van der Waals surface area (Å²) in [6.45, 7) is 6.57. The summed E-state index contributed by atoms with van der Waals surface area (Å²) in [5.41, 5.74) is 0. The molecule has 0 bridgehead atoms. The van der Waals surface area contributed by atoms with Crippen molar-refractivity contribution in [2.24, 2.45) is 0 Å². The molecule has 0 unspecified atom stereocenters. The van der Waals surface area contributed by atoms with Crippen LogP contribution in [0, 0.1) is 0 Å². The average Bonchev–Trinajstić information content (AvgIpc) is 2.61. The van der Waals surface area contributed by atoms with Crippen LogP contribution in [0.3, 0.4) is 0 Å². The number of rotatable bonds is 21. The van der Waals surface area contributed by atoms with Crippen LogP contribution in [0.1, 0.15) is 117 Å². The van der Waals surface area contributed by atoms with Gasteiger partial charge in [0, 0.05) is 26.2 Å². The summed E-state index contributed by atoms with van der Waals surface area (Å²) in [5.74, 6) is 0. The Kier molecular flexibility index (Phi) is 19.8. The predicted molar refractivity (Wildman–Crippen MR) is 112 cm³/mol. The smallest absolute Gasteiger partial charge is 0.381 e. The van der Waals surface area contributed by atoms with Crippen LogP contribution in [0.5, 0.6) is 0 Å². The van der Waals surface area contributed by atoms with Crippen LogP contribution >= 0.6 is 0 Å². The number of hydrogen-bond donors (Lipinski definition) is 0. The second kappa shape index (κ2) is 20.0. The van der Waals surface area contributed by atoms with E-state index in [0.29, 0.717) is 12.5 Å². The van der Waals surface area contributed by atoms with Crippen LogP contribution in [0.4, 0.5) is 13.2 Å². The molecule has 0 N–H and O–H groups in total. The Bertz CT molecular complexity index is 307. The Hall–Kier alpha value is -0.290. The quantitative estimate of drug-likeness (QED) is 0.177. The fraction of sp³-hybridized carbons (Fsp3) is 1.00. The standard InChI is InChI=1S/C23H45F3O2/c1-22(2)28-21-17-20-27-19-16-14-12-10-8-6-4-3-5-7-9-11-13-15-18-23(24,25)26/h22H,3-21H2,1-2H3. The molecule has 0 radical (unpaired) electrons. The summed E-state index contributed by atoms with van der Waals surface area (Å²) in [6.07, 6.45) is 12.4. The van der Waals surface area contributed by atoms with Gasteiger partial charge in [0.15, 0.2) is 0 Å². The lowest BCUT2D eigenvalue weighted by Gasteiger charge is -2.07. The molecular formula is C23H45F3O2. The molecule has 0 aromatic rings. The summed E-state index contributed by atoms with van der Waals surface area (Å²) in [6, 6.07) is 0. The van der Waals surface area contributed by atoms with E-state index in [-0.39, 0.29) is 0 Å². The number of hydrogen-bond acceptors (Lipinski definition) is 2. The van der Waals surface area contributed by atoms with Gasteiger partial charge < -0.3 is 9.47 Å². The van der Waals surface area contributed by atoms with Gasteiger partial charge in [-0.2, -0.15) is 13.2 Å². The molecule has 170 valence electrons. The molecule has 28 heavy (non-hydrogen) atoms. The predicted octanol–water partition coefficient (Wildman–Crippen LogP) is 8.23. The van der Waals surface area contributed by atoms with E-state index in [1.807, 2.05) is 0 Å². The first kappa shape index (κ1) is 27.7. The highest BCUT2D eigenvalue weighted by Gasteiger charge is 2.25. The largest absolute Gasteiger partial charge is 0.389 e. The van der Waals surface area contributed by atoms with E-state index in [1.165, 1.54) is 57.8 Å². The summed E-state index contributed by atoms with van der Waals surface area (Å²) >= 11 is 0. The van der Waals surface area contributed by atoms with Gasteiger partial charge in [0.25, 0.3) is 0 Å². The van der Waals surface area contributed by atoms with E-state index in [1.54, 1.807) is 0 Å². The molecule has 0 aliphatic heterocycles. The highest BCUT2D eigenvalue weighted by Crippen LogP contribution is 2.23. The minimum absolute atomic E-state index is 0.295. The van der Waals surface area contributed by atoms with Crippen molar-refractivity contribution >= 4 is 0 Å². The molecule has 0 amide bonds. The van der Waals surface area contributed by atoms with Crippen molar-refractivity contribution in [3.05, 3.63) is 0 Å². The minimum Gasteiger partial charge on any atom is -0.381 e. The van der Waals surface area contributed by atoms with Gasteiger partial charge in [-0.25, -0.2) is 0 Å². The maximum Gasteiger partial charge on any atom is 0.389 e. The maximum atomic E-state index is 12.0. The zero-order valence-electron chi connectivity index (χ0n) is 18.5. The normalized spacial score (nSPS) is 12.2. The Balaban J connectivity index is 3.03. The first-order valence-corrected chi connectivity index (χ1v) is 11.7. The molecule has 0 aliphatic rings. The molecule has 0 saturated carbocycles. The van der Waals surface area contributed by atoms with Crippen molar-refractivity contribution in [2.75, 3.05) is 19.8 Å². The highest BCUT2D eigenvalue weighted by molar-refractivity contribution is 4.53. The molecule has 5 heteroatoms. The maximum absolute atomic E-state index is 12.0. The SMILES string of the molecule is CC(C)OCCCOCCCCCCCCCCCCCCCCC(F)(F)F. The third-order valence-corrected chi connectivity index (χ3v) is 4.88. The zero-order chi connectivity index (χ0) is 20.9. The number of unbranched alkanes of at least 4 members (excludes halogenated alkanes) is 13. The molecule has 0 heterocycles. The van der Waals surface area contributed by atoms with E-state index in [0.717, 1.165) is 51.9 Å². The van der Waals surface area contributed by atoms with E-state index >= 15 is 0 Å². The summed E-state index contributed by atoms with van der Waals surface area (Å²) in [5, 5.41) is 0. The second-order valence-electron chi connectivity index (χ2n) is 8.20. The Labute approximate surface area is 171 Å². The lowest BCUT2D eigenvalue weighted by atomic mass is 10.0. The monoisotopic (exact) mass is 410 g/mol. The molecule has 0 aliphatic carbocycles. The van der Waals surface area contributed by atoms with Crippen molar-refractivity contribution < 1.29 is 22.6 Å². The van der Waals surface area contributed by atoms with Gasteiger partial charge in [0.1, 0.15) is 0 Å². The molecular weight excluding hydrogens is 365 g/mol. The van der Waals surface area contributed by atoms with E-state index in [2.05, 4.69) is 13.8 Å². The van der Waals surface area contributed by atoms with E-state index in [4.69, 9.17) is 9.47 Å². The van der Waals surface area contributed by atoms with Crippen LogP contribution in [0.25, 0.3) is 0 Å². The van der Waals surface area contributed by atoms with Gasteiger partial charge in [-0.1, -0.05) is 77.0 Å². The topological polar surface area (TPSA) is 18.5 Å². The van der Waals surface area contributed by atoms with Crippen LogP contribution in [-0.4, -0.2) is 32.1 Å². The van der Waals surface area contributed by atoms with Gasteiger partial charge in [0.05, 0.1) is 6.10 Å². The number of alkyl halides is 3. The lowest BCUT2D eigenvalue weighted by molar-refractivity contribution is -0.135. The van der Waals surface area contributed by atoms with Gasteiger partial charge in [-0.05, 0) is 33.1 Å². The Morgan fingerprint density at radius 2 is 0.929 bits per heavy atom. The third kappa shape index (κ3) is 25.7. The molecule has 0 saturated heterocycles. The van der Waals surface area contributed by atoms with E-state index < -0.39 is 12.6 Å². The van der Waals surface area contributed by atoms with Gasteiger partial charge in [0.2, 0.25) is 0 Å². The average molecular weight is 411 g/mol. The van der Waals surface area contributed by atoms with Crippen molar-refractivity contribution in [1.82, 2.24) is 0 Å². The second-order valence-corrected chi connectivity index (χ2v) is 8.20. The van der Waals surface area contributed by atoms with Gasteiger partial charge in [-0.3, -0.25) is 0 Å². The summed E-state index contributed by atoms with van der Waals surface area (Å²) in [4.78, 5) is 0. The molecule has 0 fully saturated rings. The molecule has 0 atom stereocenters. The first-order chi connectivity index (χ1) is 13.4. The van der Waals surface area contributed by atoms with Crippen molar-refractivity contribution in [1.29, 1.82) is 0 Å². The molecule has 2 nitrogen and oxygen atoms in total. The Morgan fingerprint density at radius 3 is 1.36 bits per heavy atom. The van der Waals surface area contributed by atoms with Crippen LogP contribution in [-0.2, 0) is 9.47 Å². The molecule has 0 aromatic heterocycles. The number of halogens is 3. The molecule has 0 aromatic carbocycles. The van der Waals surface area contributed by atoms with Gasteiger partial charge >= 0.3 is 6.18 Å². The lowest BCUT2D eigenvalue weighted by Crippen LogP contribution is -2.07. The zero-order valence-corrected chi connectivity index (χ0v) is 18.5. The highest BCUT2D eigenvalue weighted by atomic mass is 19.4. The van der Waals surface area contributed by atoms with Crippen LogP contribution in [0.15, 0.2) is 0 Å². The summed E-state index contributed by atoms with van der Waals surface area (Å²) < 4.78 is 47.1. The fourth-order valence-electron chi connectivity index (χ4n) is 3.23.